The van der Waals surface area contributed by atoms with Crippen molar-refractivity contribution in [1.29, 1.82) is 0 Å². The normalized spacial score (nSPS) is 11.7. The van der Waals surface area contributed by atoms with E-state index in [9.17, 15) is 43.3 Å². The summed E-state index contributed by atoms with van der Waals surface area (Å²) in [4.78, 5) is 40.0. The second kappa shape index (κ2) is 19.7. The van der Waals surface area contributed by atoms with Gasteiger partial charge in [-0.2, -0.15) is 0 Å². The van der Waals surface area contributed by atoms with Crippen molar-refractivity contribution in [3.63, 3.8) is 0 Å². The molecule has 7 rings (SSSR count). The third-order valence-electron chi connectivity index (χ3n) is 9.26. The second-order valence-electron chi connectivity index (χ2n) is 13.8. The van der Waals surface area contributed by atoms with Crippen LogP contribution in [0.25, 0.3) is 0 Å². The lowest BCUT2D eigenvalue weighted by Crippen LogP contribution is -2.18. The number of aromatic nitrogens is 4. The number of methoxy groups -OCH3 is 2. The number of carbonyl (C=O) groups is 2. The number of hydrogen-bond acceptors (Lipinski definition) is 16. The van der Waals surface area contributed by atoms with E-state index in [2.05, 4.69) is 49.5 Å². The average Bonchev–Trinajstić information content (AvgIpc) is 3.32. The van der Waals surface area contributed by atoms with E-state index in [1.165, 1.54) is 148 Å². The minimum Gasteiger partial charge on any atom is -0.495 e. The van der Waals surface area contributed by atoms with E-state index in [1.807, 2.05) is 0 Å². The van der Waals surface area contributed by atoms with Gasteiger partial charge in [0, 0.05) is 64.7 Å². The van der Waals surface area contributed by atoms with Crippen molar-refractivity contribution in [2.24, 2.45) is 0 Å². The van der Waals surface area contributed by atoms with Gasteiger partial charge in [0.1, 0.15) is 21.3 Å². The highest BCUT2D eigenvalue weighted by atomic mass is 32.2. The standard InChI is InChI=1S/C42H36N10O12S4/c1-63-35-25-36(64-2)38(68(61,62)50-32-11-7-28(8-12-32)40(54)48-30-15-19-34(20-16-30)66(57,58)52-42-45-23-4-24-46-42)26-37(35)67(59,60)49-31-9-5-27(6-10-31)39(53)47-29-13-17-33(18-14-29)65(55,56)51-41-43-21-3-22-44-41/h3-26,49-50H,1-2H3,(H,47,53)(H,48,54)(H,43,44,51)(H,45,46,52). The molecule has 0 spiro atoms. The Bertz CT molecular complexity index is 3200. The molecular formula is C42H36N10O12S4. The predicted molar refractivity (Wildman–Crippen MR) is 249 cm³/mol. The molecule has 68 heavy (non-hydrogen) atoms. The van der Waals surface area contributed by atoms with Gasteiger partial charge in [0.05, 0.1) is 24.0 Å². The summed E-state index contributed by atoms with van der Waals surface area (Å²) >= 11 is 0. The molecule has 0 atom stereocenters. The van der Waals surface area contributed by atoms with E-state index in [0.717, 1.165) is 12.1 Å². The molecule has 7 aromatic rings. The summed E-state index contributed by atoms with van der Waals surface area (Å²) in [5.41, 5.74) is 0.717. The van der Waals surface area contributed by atoms with Crippen LogP contribution in [-0.2, 0) is 40.1 Å². The van der Waals surface area contributed by atoms with Gasteiger partial charge in [-0.05, 0) is 115 Å². The van der Waals surface area contributed by atoms with Crippen LogP contribution < -0.4 is 39.0 Å². The number of nitrogens with one attached hydrogen (secondary N) is 6. The van der Waals surface area contributed by atoms with Crippen molar-refractivity contribution in [3.8, 4) is 11.5 Å². The summed E-state index contributed by atoms with van der Waals surface area (Å²) in [5.74, 6) is -1.97. The van der Waals surface area contributed by atoms with Gasteiger partial charge in [0.25, 0.3) is 51.9 Å². The van der Waals surface area contributed by atoms with Crippen LogP contribution in [0.3, 0.4) is 0 Å². The van der Waals surface area contributed by atoms with E-state index in [0.29, 0.717) is 0 Å². The highest BCUT2D eigenvalue weighted by Gasteiger charge is 2.29. The first kappa shape index (κ1) is 47.8. The Morgan fingerprint density at radius 3 is 1.06 bits per heavy atom. The zero-order chi connectivity index (χ0) is 48.7. The maximum absolute atomic E-state index is 13.8. The number of nitrogens with zero attached hydrogens (tertiary/aromatic N) is 4. The van der Waals surface area contributed by atoms with Crippen molar-refractivity contribution in [2.75, 3.05) is 43.7 Å². The number of carbonyl (C=O) groups excluding carboxylic acids is 2. The van der Waals surface area contributed by atoms with Gasteiger partial charge in [0.2, 0.25) is 11.9 Å². The molecule has 0 saturated heterocycles. The minimum absolute atomic E-state index is 0.00725. The van der Waals surface area contributed by atoms with Gasteiger partial charge in [0.15, 0.2) is 0 Å². The number of hydrogen-bond donors (Lipinski definition) is 6. The first-order valence-corrected chi connectivity index (χ1v) is 25.2. The molecule has 0 saturated carbocycles. The summed E-state index contributed by atoms with van der Waals surface area (Å²) in [7, 11) is -14.9. The van der Waals surface area contributed by atoms with Gasteiger partial charge in [-0.3, -0.25) is 19.0 Å². The molecule has 2 heterocycles. The molecule has 0 aliphatic heterocycles. The molecule has 2 amide bonds. The van der Waals surface area contributed by atoms with Crippen molar-refractivity contribution in [3.05, 3.63) is 157 Å². The Balaban J connectivity index is 0.994. The van der Waals surface area contributed by atoms with Crippen molar-refractivity contribution in [2.45, 2.75) is 19.6 Å². The molecule has 2 aromatic heterocycles. The lowest BCUT2D eigenvalue weighted by molar-refractivity contribution is 0.101. The highest BCUT2D eigenvalue weighted by molar-refractivity contribution is 7.94. The minimum atomic E-state index is -4.59. The third-order valence-corrected chi connectivity index (χ3v) is 14.7. The Morgan fingerprint density at radius 2 is 0.735 bits per heavy atom. The zero-order valence-corrected chi connectivity index (χ0v) is 38.4. The predicted octanol–water partition coefficient (Wildman–Crippen LogP) is 4.99. The number of amides is 2. The van der Waals surface area contributed by atoms with Crippen LogP contribution in [-0.4, -0.2) is 79.6 Å². The van der Waals surface area contributed by atoms with Crippen LogP contribution in [0.4, 0.5) is 34.6 Å². The molecular weight excluding hydrogens is 965 g/mol. The molecule has 6 N–H and O–H groups in total. The van der Waals surface area contributed by atoms with Crippen molar-refractivity contribution in [1.82, 2.24) is 19.9 Å². The van der Waals surface area contributed by atoms with Crippen molar-refractivity contribution < 1.29 is 52.7 Å². The Labute approximate surface area is 389 Å². The molecule has 5 aromatic carbocycles. The van der Waals surface area contributed by atoms with E-state index >= 15 is 0 Å². The zero-order valence-electron chi connectivity index (χ0n) is 35.2. The number of anilines is 6. The van der Waals surface area contributed by atoms with E-state index < -0.39 is 61.7 Å². The topological polar surface area (TPSA) is 313 Å². The fraction of sp³-hybridized carbons (Fsp3) is 0.0476. The quantitative estimate of drug-likeness (QED) is 0.0659. The van der Waals surface area contributed by atoms with Crippen LogP contribution in [0.5, 0.6) is 11.5 Å². The Hall–Kier alpha value is -8.20. The fourth-order valence-electron chi connectivity index (χ4n) is 5.96. The third kappa shape index (κ3) is 11.4. The number of ether oxygens (including phenoxy) is 2. The number of sulfonamides is 4. The average molecular weight is 1000 g/mol. The first-order valence-electron chi connectivity index (χ1n) is 19.3. The fourth-order valence-corrected chi connectivity index (χ4v) is 10.4. The van der Waals surface area contributed by atoms with Crippen LogP contribution in [0.1, 0.15) is 20.7 Å². The Kier molecular flexibility index (Phi) is 13.9. The number of rotatable bonds is 18. The van der Waals surface area contributed by atoms with Gasteiger partial charge in [-0.1, -0.05) is 0 Å². The van der Waals surface area contributed by atoms with Gasteiger partial charge in [-0.25, -0.2) is 63.1 Å². The second-order valence-corrected chi connectivity index (χ2v) is 20.5. The van der Waals surface area contributed by atoms with Crippen LogP contribution in [0.15, 0.2) is 166 Å². The van der Waals surface area contributed by atoms with Gasteiger partial charge >= 0.3 is 0 Å². The van der Waals surface area contributed by atoms with E-state index in [4.69, 9.17) is 9.47 Å². The lowest BCUT2D eigenvalue weighted by atomic mass is 10.2. The Morgan fingerprint density at radius 1 is 0.412 bits per heavy atom. The van der Waals surface area contributed by atoms with Crippen LogP contribution >= 0.6 is 0 Å². The van der Waals surface area contributed by atoms with E-state index in [1.54, 1.807) is 0 Å². The highest BCUT2D eigenvalue weighted by Crippen LogP contribution is 2.36. The summed E-state index contributed by atoms with van der Waals surface area (Å²) in [5, 5.41) is 5.25. The maximum Gasteiger partial charge on any atom is 0.265 e. The van der Waals surface area contributed by atoms with Gasteiger partial charge in [-0.15, -0.1) is 0 Å². The first-order chi connectivity index (χ1) is 32.4. The molecule has 0 aliphatic carbocycles. The molecule has 350 valence electrons. The van der Waals surface area contributed by atoms with Gasteiger partial charge < -0.3 is 20.1 Å². The molecule has 0 aliphatic rings. The summed E-state index contributed by atoms with van der Waals surface area (Å²) < 4.78 is 126. The molecule has 0 unspecified atom stereocenters. The molecule has 0 bridgehead atoms. The molecule has 22 nitrogen and oxygen atoms in total. The largest absolute Gasteiger partial charge is 0.495 e. The molecule has 0 radical (unpaired) electrons. The van der Waals surface area contributed by atoms with E-state index in [-0.39, 0.29) is 67.1 Å². The summed E-state index contributed by atoms with van der Waals surface area (Å²) in [6.45, 7) is 0. The SMILES string of the molecule is COc1cc(OC)c(S(=O)(=O)Nc2ccc(C(=O)Nc3ccc(S(=O)(=O)Nc4ncccn4)cc3)cc2)cc1S(=O)(=O)Nc1ccc(C(=O)Nc2ccc(S(=O)(=O)Nc3ncccn3)cc2)cc1. The summed E-state index contributed by atoms with van der Waals surface area (Å²) in [6.07, 6.45) is 5.49. The van der Waals surface area contributed by atoms with Crippen molar-refractivity contribution >= 4 is 86.6 Å². The smallest absolute Gasteiger partial charge is 0.265 e. The summed E-state index contributed by atoms with van der Waals surface area (Å²) in [6, 6.07) is 26.0. The maximum atomic E-state index is 13.8. The molecule has 26 heteroatoms. The lowest BCUT2D eigenvalue weighted by Gasteiger charge is -2.17. The molecule has 0 fully saturated rings. The monoisotopic (exact) mass is 1000 g/mol. The van der Waals surface area contributed by atoms with Crippen LogP contribution in [0, 0.1) is 0 Å². The number of benzene rings is 5. The van der Waals surface area contributed by atoms with Crippen LogP contribution in [0.2, 0.25) is 0 Å².